The topological polar surface area (TPSA) is 89.8 Å². The number of hydrogen-bond donors (Lipinski definition) is 4. The van der Waals surface area contributed by atoms with E-state index in [2.05, 4.69) is 11.0 Å². The molecule has 5 heteroatoms. The van der Waals surface area contributed by atoms with Gasteiger partial charge in [0.05, 0.1) is 25.4 Å². The van der Waals surface area contributed by atoms with Crippen LogP contribution in [0.5, 0.6) is 0 Å². The van der Waals surface area contributed by atoms with E-state index in [9.17, 15) is 4.79 Å². The molecule has 1 aliphatic rings. The molecule has 0 heterocycles. The molecule has 0 saturated carbocycles. The van der Waals surface area contributed by atoms with Gasteiger partial charge in [-0.15, -0.1) is 5.73 Å². The van der Waals surface area contributed by atoms with E-state index in [1.165, 1.54) is 0 Å². The molecule has 0 radical (unpaired) electrons. The number of amides is 1. The minimum Gasteiger partial charge on any atom is -0.394 e. The first-order valence-electron chi connectivity index (χ1n) is 4.46. The van der Waals surface area contributed by atoms with Crippen LogP contribution < -0.4 is 5.32 Å². The predicted molar refractivity (Wildman–Crippen MR) is 52.9 cm³/mol. The summed E-state index contributed by atoms with van der Waals surface area (Å²) in [6, 6.07) is 0. The normalized spacial score (nSPS) is 14.2. The van der Waals surface area contributed by atoms with Gasteiger partial charge in [0.25, 0.3) is 5.91 Å². The summed E-state index contributed by atoms with van der Waals surface area (Å²) in [5.41, 5.74) is 1.59. The lowest BCUT2D eigenvalue weighted by Gasteiger charge is -2.28. The summed E-state index contributed by atoms with van der Waals surface area (Å²) < 4.78 is 0. The molecule has 0 bridgehead atoms. The Kier molecular flexibility index (Phi) is 3.82. The Balaban J connectivity index is 2.71. The van der Waals surface area contributed by atoms with Crippen molar-refractivity contribution in [3.63, 3.8) is 0 Å². The van der Waals surface area contributed by atoms with Crippen molar-refractivity contribution < 1.29 is 20.1 Å². The summed E-state index contributed by atoms with van der Waals surface area (Å²) in [5.74, 6) is -0.489. The van der Waals surface area contributed by atoms with Crippen LogP contribution in [0.4, 0.5) is 0 Å². The molecule has 1 rings (SSSR count). The highest BCUT2D eigenvalue weighted by molar-refractivity contribution is 5.97. The van der Waals surface area contributed by atoms with Crippen molar-refractivity contribution in [3.05, 3.63) is 29.5 Å². The molecule has 0 saturated heterocycles. The van der Waals surface area contributed by atoms with E-state index < -0.39 is 31.3 Å². The molecular formula is C10H13NO4. The van der Waals surface area contributed by atoms with E-state index in [0.29, 0.717) is 5.57 Å². The second-order valence-corrected chi connectivity index (χ2v) is 3.29. The predicted octanol–water partition coefficient (Wildman–Crippen LogP) is -1.53. The monoisotopic (exact) mass is 211 g/mol. The summed E-state index contributed by atoms with van der Waals surface area (Å²) in [6.45, 7) is -1.61. The van der Waals surface area contributed by atoms with E-state index in [4.69, 9.17) is 15.3 Å². The highest BCUT2D eigenvalue weighted by Crippen LogP contribution is 2.07. The van der Waals surface area contributed by atoms with Crippen molar-refractivity contribution in [1.82, 2.24) is 5.32 Å². The van der Waals surface area contributed by atoms with Crippen molar-refractivity contribution >= 4 is 5.91 Å². The summed E-state index contributed by atoms with van der Waals surface area (Å²) in [7, 11) is 0. The molecule has 0 atom stereocenters. The average Bonchev–Trinajstić information content (AvgIpc) is 2.79. The summed E-state index contributed by atoms with van der Waals surface area (Å²) in [6.07, 6.45) is 4.77. The highest BCUT2D eigenvalue weighted by atomic mass is 16.3. The SMILES string of the molecule is O=C(NC(CO)(CO)CO)C1=C=CC=C1. The van der Waals surface area contributed by atoms with Gasteiger partial charge in [-0.25, -0.2) is 0 Å². The third kappa shape index (κ3) is 2.55. The Morgan fingerprint density at radius 2 is 1.93 bits per heavy atom. The maximum absolute atomic E-state index is 11.5. The van der Waals surface area contributed by atoms with E-state index in [0.717, 1.165) is 0 Å². The van der Waals surface area contributed by atoms with Gasteiger partial charge < -0.3 is 20.6 Å². The van der Waals surface area contributed by atoms with Gasteiger partial charge >= 0.3 is 0 Å². The van der Waals surface area contributed by atoms with Crippen molar-refractivity contribution in [1.29, 1.82) is 0 Å². The molecule has 0 aliphatic heterocycles. The third-order valence-electron chi connectivity index (χ3n) is 2.13. The van der Waals surface area contributed by atoms with Gasteiger partial charge in [-0.05, 0) is 12.2 Å². The second-order valence-electron chi connectivity index (χ2n) is 3.29. The number of aliphatic hydroxyl groups is 3. The molecular weight excluding hydrogens is 198 g/mol. The van der Waals surface area contributed by atoms with Crippen LogP contribution in [-0.2, 0) is 4.79 Å². The van der Waals surface area contributed by atoms with Gasteiger partial charge in [0.2, 0.25) is 0 Å². The molecule has 4 N–H and O–H groups in total. The summed E-state index contributed by atoms with van der Waals surface area (Å²) >= 11 is 0. The average molecular weight is 211 g/mol. The standard InChI is InChI=1S/C10H13NO4/c12-5-10(6-13,7-14)11-9(15)8-3-1-2-4-8/h1-3,12-14H,5-7H2,(H,11,15). The van der Waals surface area contributed by atoms with Crippen LogP contribution >= 0.6 is 0 Å². The lowest BCUT2D eigenvalue weighted by Crippen LogP contribution is -2.57. The van der Waals surface area contributed by atoms with Gasteiger partial charge in [0.1, 0.15) is 5.54 Å². The Labute approximate surface area is 87.0 Å². The largest absolute Gasteiger partial charge is 0.394 e. The molecule has 1 aliphatic carbocycles. The Morgan fingerprint density at radius 1 is 1.33 bits per heavy atom. The van der Waals surface area contributed by atoms with Crippen LogP contribution in [0.1, 0.15) is 0 Å². The smallest absolute Gasteiger partial charge is 0.259 e. The van der Waals surface area contributed by atoms with Gasteiger partial charge in [0, 0.05) is 0 Å². The maximum Gasteiger partial charge on any atom is 0.259 e. The van der Waals surface area contributed by atoms with Crippen molar-refractivity contribution in [2.45, 2.75) is 5.54 Å². The Hall–Kier alpha value is -1.39. The molecule has 0 fully saturated rings. The van der Waals surface area contributed by atoms with Crippen LogP contribution in [0.2, 0.25) is 0 Å². The summed E-state index contributed by atoms with van der Waals surface area (Å²) in [5, 5.41) is 29.3. The first-order chi connectivity index (χ1) is 7.17. The minimum atomic E-state index is -1.39. The van der Waals surface area contributed by atoms with Crippen LogP contribution in [0.15, 0.2) is 29.5 Å². The van der Waals surface area contributed by atoms with E-state index in [1.807, 2.05) is 0 Å². The second kappa shape index (κ2) is 4.91. The quantitative estimate of drug-likeness (QED) is 0.415. The Morgan fingerprint density at radius 3 is 2.33 bits per heavy atom. The van der Waals surface area contributed by atoms with E-state index in [-0.39, 0.29) is 0 Å². The maximum atomic E-state index is 11.5. The molecule has 1 amide bonds. The van der Waals surface area contributed by atoms with Gasteiger partial charge in [0.15, 0.2) is 0 Å². The number of hydrogen-bond acceptors (Lipinski definition) is 4. The van der Waals surface area contributed by atoms with Crippen LogP contribution in [-0.4, -0.2) is 46.6 Å². The van der Waals surface area contributed by atoms with Crippen LogP contribution in [0.3, 0.4) is 0 Å². The number of aliphatic hydroxyl groups excluding tert-OH is 3. The zero-order chi connectivity index (χ0) is 11.3. The lowest BCUT2D eigenvalue weighted by molar-refractivity contribution is -0.121. The third-order valence-corrected chi connectivity index (χ3v) is 2.13. The highest BCUT2D eigenvalue weighted by Gasteiger charge is 2.30. The van der Waals surface area contributed by atoms with Gasteiger partial charge in [-0.1, -0.05) is 6.08 Å². The van der Waals surface area contributed by atoms with Gasteiger partial charge in [-0.2, -0.15) is 0 Å². The fraction of sp³-hybridized carbons (Fsp3) is 0.400. The van der Waals surface area contributed by atoms with E-state index >= 15 is 0 Å². The number of nitrogens with one attached hydrogen (secondary N) is 1. The zero-order valence-electron chi connectivity index (χ0n) is 8.10. The number of carbonyl (C=O) groups excluding carboxylic acids is 1. The fourth-order valence-electron chi connectivity index (χ4n) is 1.05. The number of allylic oxidation sites excluding steroid dienone is 1. The molecule has 15 heavy (non-hydrogen) atoms. The molecule has 0 aromatic heterocycles. The molecule has 0 aromatic rings. The summed E-state index contributed by atoms with van der Waals surface area (Å²) in [4.78, 5) is 11.5. The molecule has 5 nitrogen and oxygen atoms in total. The molecule has 0 unspecified atom stereocenters. The zero-order valence-corrected chi connectivity index (χ0v) is 8.10. The first kappa shape index (κ1) is 11.7. The molecule has 0 spiro atoms. The van der Waals surface area contributed by atoms with Crippen LogP contribution in [0.25, 0.3) is 0 Å². The number of carbonyl (C=O) groups is 1. The molecule has 0 aromatic carbocycles. The lowest BCUT2D eigenvalue weighted by atomic mass is 10.0. The van der Waals surface area contributed by atoms with Crippen molar-refractivity contribution in [2.75, 3.05) is 19.8 Å². The van der Waals surface area contributed by atoms with Crippen LogP contribution in [0, 0.1) is 0 Å². The van der Waals surface area contributed by atoms with E-state index in [1.54, 1.807) is 18.2 Å². The minimum absolute atomic E-state index is 0.301. The first-order valence-corrected chi connectivity index (χ1v) is 4.46. The number of rotatable bonds is 5. The fourth-order valence-corrected chi connectivity index (χ4v) is 1.05. The van der Waals surface area contributed by atoms with Crippen molar-refractivity contribution in [2.24, 2.45) is 0 Å². The van der Waals surface area contributed by atoms with Crippen molar-refractivity contribution in [3.8, 4) is 0 Å². The molecule has 82 valence electrons. The van der Waals surface area contributed by atoms with Gasteiger partial charge in [-0.3, -0.25) is 4.79 Å². The Bertz CT molecular complexity index is 327.